The van der Waals surface area contributed by atoms with Gasteiger partial charge in [-0.25, -0.2) is 4.79 Å². The summed E-state index contributed by atoms with van der Waals surface area (Å²) in [6.07, 6.45) is 5.22. The van der Waals surface area contributed by atoms with Crippen molar-refractivity contribution in [2.75, 3.05) is 12.4 Å². The second kappa shape index (κ2) is 10.8. The number of methoxy groups -OCH3 is 1. The van der Waals surface area contributed by atoms with E-state index in [4.69, 9.17) is 9.47 Å². The van der Waals surface area contributed by atoms with Gasteiger partial charge in [-0.3, -0.25) is 4.79 Å². The Morgan fingerprint density at radius 3 is 2.53 bits per heavy atom. The van der Waals surface area contributed by atoms with Gasteiger partial charge >= 0.3 is 5.97 Å². The number of hydrogen-bond acceptors (Lipinski definition) is 6. The molecule has 0 spiro atoms. The van der Waals surface area contributed by atoms with E-state index in [1.54, 1.807) is 24.3 Å². The monoisotopic (exact) mass is 472 g/mol. The summed E-state index contributed by atoms with van der Waals surface area (Å²) in [4.78, 5) is 26.4. The third-order valence-electron chi connectivity index (χ3n) is 5.59. The molecule has 0 saturated carbocycles. The number of benzene rings is 2. The Bertz CT molecular complexity index is 1250. The number of anilines is 1. The van der Waals surface area contributed by atoms with Gasteiger partial charge in [-0.1, -0.05) is 42.5 Å². The van der Waals surface area contributed by atoms with Crippen LogP contribution in [0.15, 0.2) is 60.2 Å². The molecular formula is C27H24N2O4S. The van der Waals surface area contributed by atoms with Crippen LogP contribution in [-0.4, -0.2) is 19.0 Å². The maximum atomic E-state index is 12.9. The lowest BCUT2D eigenvalue weighted by Crippen LogP contribution is -2.16. The summed E-state index contributed by atoms with van der Waals surface area (Å²) in [5, 5.41) is 12.8. The molecule has 1 aliphatic carbocycles. The van der Waals surface area contributed by atoms with Crippen LogP contribution in [0.2, 0.25) is 0 Å². The van der Waals surface area contributed by atoms with Crippen LogP contribution in [0.4, 0.5) is 5.00 Å². The Morgan fingerprint density at radius 2 is 1.82 bits per heavy atom. The fraction of sp³-hybridized carbons (Fsp3) is 0.222. The molecule has 6 nitrogen and oxygen atoms in total. The molecule has 0 aliphatic heterocycles. The van der Waals surface area contributed by atoms with E-state index in [0.29, 0.717) is 28.5 Å². The summed E-state index contributed by atoms with van der Waals surface area (Å²) < 4.78 is 10.7. The van der Waals surface area contributed by atoms with Crippen LogP contribution >= 0.6 is 11.3 Å². The van der Waals surface area contributed by atoms with E-state index in [2.05, 4.69) is 5.32 Å². The van der Waals surface area contributed by atoms with E-state index in [1.807, 2.05) is 36.4 Å². The van der Waals surface area contributed by atoms with Crippen LogP contribution in [0, 0.1) is 11.3 Å². The zero-order chi connectivity index (χ0) is 23.9. The van der Waals surface area contributed by atoms with Crippen molar-refractivity contribution in [3.8, 4) is 11.8 Å². The van der Waals surface area contributed by atoms with Crippen molar-refractivity contribution in [2.45, 2.75) is 32.3 Å². The second-order valence-corrected chi connectivity index (χ2v) is 8.98. The van der Waals surface area contributed by atoms with Crippen LogP contribution in [0.3, 0.4) is 0 Å². The molecular weight excluding hydrogens is 448 g/mol. The number of nitrogens with zero attached hydrogens (tertiary/aromatic N) is 1. The quantitative estimate of drug-likeness (QED) is 0.277. The van der Waals surface area contributed by atoms with Gasteiger partial charge in [0.15, 0.2) is 0 Å². The van der Waals surface area contributed by atoms with Gasteiger partial charge in [0.2, 0.25) is 0 Å². The lowest BCUT2D eigenvalue weighted by atomic mass is 9.95. The number of carbonyl (C=O) groups is 2. The smallest absolute Gasteiger partial charge is 0.341 e. The number of hydrogen-bond donors (Lipinski definition) is 1. The largest absolute Gasteiger partial charge is 0.489 e. The maximum absolute atomic E-state index is 12.9. The number of rotatable bonds is 7. The average molecular weight is 473 g/mol. The molecule has 0 atom stereocenters. The topological polar surface area (TPSA) is 88.4 Å². The molecule has 1 N–H and O–H groups in total. The van der Waals surface area contributed by atoms with E-state index in [-0.39, 0.29) is 5.57 Å². The highest BCUT2D eigenvalue weighted by Gasteiger charge is 2.27. The summed E-state index contributed by atoms with van der Waals surface area (Å²) >= 11 is 1.39. The molecule has 0 unspecified atom stereocenters. The van der Waals surface area contributed by atoms with Gasteiger partial charge in [0.1, 0.15) is 29.0 Å². The summed E-state index contributed by atoms with van der Waals surface area (Å²) in [5.74, 6) is -0.338. The maximum Gasteiger partial charge on any atom is 0.341 e. The van der Waals surface area contributed by atoms with E-state index in [1.165, 1.54) is 24.5 Å². The van der Waals surface area contributed by atoms with Crippen LogP contribution in [0.5, 0.6) is 5.75 Å². The lowest BCUT2D eigenvalue weighted by molar-refractivity contribution is -0.112. The van der Waals surface area contributed by atoms with Crippen molar-refractivity contribution in [1.29, 1.82) is 5.26 Å². The van der Waals surface area contributed by atoms with E-state index in [9.17, 15) is 14.9 Å². The normalized spacial score (nSPS) is 12.9. The number of esters is 1. The Kier molecular flexibility index (Phi) is 7.41. The minimum absolute atomic E-state index is 0.0554. The summed E-state index contributed by atoms with van der Waals surface area (Å²) in [5.41, 5.74) is 3.06. The molecule has 1 aliphatic rings. The van der Waals surface area contributed by atoms with Crippen molar-refractivity contribution in [2.24, 2.45) is 0 Å². The highest BCUT2D eigenvalue weighted by Crippen LogP contribution is 2.38. The molecule has 2 aromatic carbocycles. The third kappa shape index (κ3) is 5.36. The molecule has 7 heteroatoms. The fourth-order valence-corrected chi connectivity index (χ4v) is 5.13. The first-order valence-corrected chi connectivity index (χ1v) is 11.8. The molecule has 4 rings (SSSR count). The zero-order valence-electron chi connectivity index (χ0n) is 18.8. The molecule has 1 heterocycles. The molecule has 172 valence electrons. The minimum Gasteiger partial charge on any atom is -0.489 e. The predicted molar refractivity (Wildman–Crippen MR) is 132 cm³/mol. The molecule has 0 saturated heterocycles. The van der Waals surface area contributed by atoms with Crippen molar-refractivity contribution in [3.05, 3.63) is 87.3 Å². The first kappa shape index (κ1) is 23.3. The predicted octanol–water partition coefficient (Wildman–Crippen LogP) is 5.54. The molecule has 1 aromatic heterocycles. The molecule has 3 aromatic rings. The van der Waals surface area contributed by atoms with Gasteiger partial charge in [0.25, 0.3) is 5.91 Å². The third-order valence-corrected chi connectivity index (χ3v) is 6.80. The number of thiophene rings is 1. The Labute approximate surface area is 202 Å². The molecule has 0 radical (unpaired) electrons. The van der Waals surface area contributed by atoms with Crippen LogP contribution < -0.4 is 10.1 Å². The highest BCUT2D eigenvalue weighted by atomic mass is 32.1. The minimum atomic E-state index is -0.560. The van der Waals surface area contributed by atoms with Crippen molar-refractivity contribution in [3.63, 3.8) is 0 Å². The van der Waals surface area contributed by atoms with E-state index >= 15 is 0 Å². The second-order valence-electron chi connectivity index (χ2n) is 7.87. The van der Waals surface area contributed by atoms with Crippen LogP contribution in [-0.2, 0) is 29.0 Å². The average Bonchev–Trinajstić information content (AvgIpc) is 3.24. The number of nitrogens with one attached hydrogen (secondary N) is 1. The first-order chi connectivity index (χ1) is 16.6. The fourth-order valence-electron chi connectivity index (χ4n) is 3.86. The highest BCUT2D eigenvalue weighted by molar-refractivity contribution is 7.17. The molecule has 34 heavy (non-hydrogen) atoms. The van der Waals surface area contributed by atoms with Gasteiger partial charge in [-0.05, 0) is 60.6 Å². The van der Waals surface area contributed by atoms with E-state index in [0.717, 1.165) is 41.7 Å². The number of amides is 1. The summed E-state index contributed by atoms with van der Waals surface area (Å²) in [7, 11) is 1.33. The Balaban J connectivity index is 1.48. The molecule has 0 fully saturated rings. The van der Waals surface area contributed by atoms with Crippen molar-refractivity contribution in [1.82, 2.24) is 0 Å². The number of nitriles is 1. The summed E-state index contributed by atoms with van der Waals surface area (Å²) in [6.45, 7) is 0.454. The van der Waals surface area contributed by atoms with Gasteiger partial charge in [0.05, 0.1) is 12.7 Å². The number of carbonyl (C=O) groups excluding carboxylic acids is 2. The standard InChI is InChI=1S/C27H24N2O4S/c1-32-27(31)24-22-9-5-6-10-23(22)34-26(24)29-25(30)20(16-28)15-18-11-13-21(14-12-18)33-17-19-7-3-2-4-8-19/h2-4,7-8,11-15H,5-6,9-10,17H2,1H3,(H,29,30)/b20-15+. The van der Waals surface area contributed by atoms with Crippen molar-refractivity contribution < 1.29 is 19.1 Å². The van der Waals surface area contributed by atoms with Crippen molar-refractivity contribution >= 4 is 34.3 Å². The van der Waals surface area contributed by atoms with Gasteiger partial charge < -0.3 is 14.8 Å². The molecule has 1 amide bonds. The lowest BCUT2D eigenvalue weighted by Gasteiger charge is -2.11. The van der Waals surface area contributed by atoms with Gasteiger partial charge in [-0.15, -0.1) is 11.3 Å². The zero-order valence-corrected chi connectivity index (χ0v) is 19.6. The Hall–Kier alpha value is -3.89. The van der Waals surface area contributed by atoms with E-state index < -0.39 is 11.9 Å². The number of fused-ring (bicyclic) bond motifs is 1. The van der Waals surface area contributed by atoms with Crippen LogP contribution in [0.1, 0.15) is 44.8 Å². The number of ether oxygens (including phenoxy) is 2. The first-order valence-electron chi connectivity index (χ1n) is 11.0. The van der Waals surface area contributed by atoms with Crippen LogP contribution in [0.25, 0.3) is 6.08 Å². The molecule has 0 bridgehead atoms. The SMILES string of the molecule is COC(=O)c1c(NC(=O)/C(C#N)=C/c2ccc(OCc3ccccc3)cc2)sc2c1CCCC2. The van der Waals surface area contributed by atoms with Gasteiger partial charge in [0, 0.05) is 4.88 Å². The Morgan fingerprint density at radius 1 is 1.09 bits per heavy atom. The van der Waals surface area contributed by atoms with Gasteiger partial charge in [-0.2, -0.15) is 5.26 Å². The number of aryl methyl sites for hydroxylation is 1. The summed E-state index contributed by atoms with van der Waals surface area (Å²) in [6, 6.07) is 19.0.